The molecule has 0 atom stereocenters. The Kier molecular flexibility index (Phi) is 7.33. The second-order valence-electron chi connectivity index (χ2n) is 6.84. The fraction of sp³-hybridized carbons (Fsp3) is 0.240. The van der Waals surface area contributed by atoms with Gasteiger partial charge in [-0.3, -0.25) is 4.79 Å². The molecular weight excluding hydrogens is 378 g/mol. The SMILES string of the molecule is CCOc1ccc(CN(C)C(=O)c2ccccc2COc2ccccc2)cc1OC. The molecule has 1 amide bonds. The molecule has 0 saturated heterocycles. The second-order valence-corrected chi connectivity index (χ2v) is 6.84. The third-order valence-corrected chi connectivity index (χ3v) is 4.68. The first kappa shape index (κ1) is 21.2. The number of para-hydroxylation sites is 1. The Morgan fingerprint density at radius 3 is 2.37 bits per heavy atom. The van der Waals surface area contributed by atoms with Gasteiger partial charge in [0.1, 0.15) is 12.4 Å². The van der Waals surface area contributed by atoms with Gasteiger partial charge in [0, 0.05) is 24.7 Å². The van der Waals surface area contributed by atoms with E-state index in [1.165, 1.54) is 0 Å². The minimum Gasteiger partial charge on any atom is -0.493 e. The molecule has 0 aliphatic carbocycles. The number of hydrogen-bond acceptors (Lipinski definition) is 4. The summed E-state index contributed by atoms with van der Waals surface area (Å²) in [7, 11) is 3.40. The molecule has 0 N–H and O–H groups in total. The topological polar surface area (TPSA) is 48.0 Å². The minimum absolute atomic E-state index is 0.0601. The van der Waals surface area contributed by atoms with E-state index in [1.807, 2.05) is 79.7 Å². The summed E-state index contributed by atoms with van der Waals surface area (Å²) in [4.78, 5) is 14.8. The lowest BCUT2D eigenvalue weighted by molar-refractivity contribution is 0.0782. The maximum absolute atomic E-state index is 13.1. The number of rotatable bonds is 9. The number of carbonyl (C=O) groups is 1. The summed E-state index contributed by atoms with van der Waals surface area (Å²) in [5.74, 6) is 2.07. The first-order valence-electron chi connectivity index (χ1n) is 9.93. The molecule has 156 valence electrons. The minimum atomic E-state index is -0.0601. The Bertz CT molecular complexity index is 972. The van der Waals surface area contributed by atoms with Gasteiger partial charge in [0.15, 0.2) is 11.5 Å². The lowest BCUT2D eigenvalue weighted by Crippen LogP contribution is -2.27. The molecule has 5 nitrogen and oxygen atoms in total. The molecule has 0 heterocycles. The molecule has 0 spiro atoms. The van der Waals surface area contributed by atoms with Gasteiger partial charge in [-0.25, -0.2) is 0 Å². The van der Waals surface area contributed by atoms with Crippen LogP contribution in [-0.2, 0) is 13.2 Å². The Morgan fingerprint density at radius 2 is 1.63 bits per heavy atom. The van der Waals surface area contributed by atoms with E-state index in [4.69, 9.17) is 14.2 Å². The highest BCUT2D eigenvalue weighted by atomic mass is 16.5. The van der Waals surface area contributed by atoms with Crippen molar-refractivity contribution in [2.24, 2.45) is 0 Å². The number of benzene rings is 3. The van der Waals surface area contributed by atoms with E-state index >= 15 is 0 Å². The highest BCUT2D eigenvalue weighted by molar-refractivity contribution is 5.95. The van der Waals surface area contributed by atoms with Crippen molar-refractivity contribution < 1.29 is 19.0 Å². The smallest absolute Gasteiger partial charge is 0.254 e. The number of nitrogens with zero attached hydrogens (tertiary/aromatic N) is 1. The van der Waals surface area contributed by atoms with Gasteiger partial charge in [0.05, 0.1) is 13.7 Å². The molecule has 0 unspecified atom stereocenters. The van der Waals surface area contributed by atoms with Crippen LogP contribution in [-0.4, -0.2) is 31.6 Å². The first-order valence-corrected chi connectivity index (χ1v) is 9.93. The predicted octanol–water partition coefficient (Wildman–Crippen LogP) is 4.95. The molecule has 0 aromatic heterocycles. The largest absolute Gasteiger partial charge is 0.493 e. The Hall–Kier alpha value is -3.47. The number of hydrogen-bond donors (Lipinski definition) is 0. The van der Waals surface area contributed by atoms with Gasteiger partial charge < -0.3 is 19.1 Å². The molecule has 0 fully saturated rings. The van der Waals surface area contributed by atoms with Crippen LogP contribution in [0, 0.1) is 0 Å². The maximum Gasteiger partial charge on any atom is 0.254 e. The van der Waals surface area contributed by atoms with E-state index < -0.39 is 0 Å². The van der Waals surface area contributed by atoms with E-state index in [-0.39, 0.29) is 5.91 Å². The summed E-state index contributed by atoms with van der Waals surface area (Å²) < 4.78 is 16.8. The average molecular weight is 405 g/mol. The summed E-state index contributed by atoms with van der Waals surface area (Å²) in [5.41, 5.74) is 2.44. The Balaban J connectivity index is 1.72. The molecule has 0 bridgehead atoms. The van der Waals surface area contributed by atoms with Crippen molar-refractivity contribution in [1.82, 2.24) is 4.90 Å². The van der Waals surface area contributed by atoms with Crippen molar-refractivity contribution in [2.45, 2.75) is 20.1 Å². The van der Waals surface area contributed by atoms with Crippen LogP contribution in [0.3, 0.4) is 0 Å². The monoisotopic (exact) mass is 405 g/mol. The van der Waals surface area contributed by atoms with E-state index in [0.717, 1.165) is 16.9 Å². The van der Waals surface area contributed by atoms with E-state index in [0.29, 0.717) is 36.8 Å². The average Bonchev–Trinajstić information content (AvgIpc) is 2.79. The molecule has 0 radical (unpaired) electrons. The first-order chi connectivity index (χ1) is 14.6. The van der Waals surface area contributed by atoms with Gasteiger partial charge in [-0.1, -0.05) is 42.5 Å². The van der Waals surface area contributed by atoms with Crippen LogP contribution >= 0.6 is 0 Å². The molecule has 0 saturated carbocycles. The van der Waals surface area contributed by atoms with E-state index in [1.54, 1.807) is 19.1 Å². The summed E-state index contributed by atoms with van der Waals surface area (Å²) >= 11 is 0. The van der Waals surface area contributed by atoms with Crippen molar-refractivity contribution in [2.75, 3.05) is 20.8 Å². The molecule has 3 rings (SSSR count). The standard InChI is InChI=1S/C25H27NO4/c1-4-29-23-15-14-19(16-24(23)28-3)17-26(2)25(27)22-13-9-8-10-20(22)18-30-21-11-6-5-7-12-21/h5-16H,4,17-18H2,1-3H3. The third kappa shape index (κ3) is 5.32. The zero-order valence-electron chi connectivity index (χ0n) is 17.6. The van der Waals surface area contributed by atoms with Crippen molar-refractivity contribution in [1.29, 1.82) is 0 Å². The molecular formula is C25H27NO4. The van der Waals surface area contributed by atoms with Crippen LogP contribution in [0.15, 0.2) is 72.8 Å². The lowest BCUT2D eigenvalue weighted by atomic mass is 10.1. The quantitative estimate of drug-likeness (QED) is 0.506. The Labute approximate surface area is 177 Å². The van der Waals surface area contributed by atoms with Gasteiger partial charge >= 0.3 is 0 Å². The van der Waals surface area contributed by atoms with Crippen molar-refractivity contribution in [3.8, 4) is 17.2 Å². The molecule has 3 aromatic rings. The van der Waals surface area contributed by atoms with E-state index in [2.05, 4.69) is 0 Å². The lowest BCUT2D eigenvalue weighted by Gasteiger charge is -2.20. The van der Waals surface area contributed by atoms with Crippen LogP contribution in [0.2, 0.25) is 0 Å². The highest BCUT2D eigenvalue weighted by Gasteiger charge is 2.17. The van der Waals surface area contributed by atoms with Gasteiger partial charge in [-0.05, 0) is 42.8 Å². The molecule has 0 aliphatic rings. The van der Waals surface area contributed by atoms with Crippen molar-refractivity contribution in [3.05, 3.63) is 89.5 Å². The van der Waals surface area contributed by atoms with Crippen LogP contribution in [0.1, 0.15) is 28.4 Å². The molecule has 30 heavy (non-hydrogen) atoms. The number of amides is 1. The molecule has 5 heteroatoms. The zero-order valence-corrected chi connectivity index (χ0v) is 17.6. The highest BCUT2D eigenvalue weighted by Crippen LogP contribution is 2.28. The van der Waals surface area contributed by atoms with Crippen LogP contribution in [0.5, 0.6) is 17.2 Å². The summed E-state index contributed by atoms with van der Waals surface area (Å²) in [6.07, 6.45) is 0. The fourth-order valence-electron chi connectivity index (χ4n) is 3.17. The predicted molar refractivity (Wildman–Crippen MR) is 117 cm³/mol. The van der Waals surface area contributed by atoms with Gasteiger partial charge in [-0.15, -0.1) is 0 Å². The number of ether oxygens (including phenoxy) is 3. The summed E-state index contributed by atoms with van der Waals surface area (Å²) in [6.45, 7) is 3.28. The van der Waals surface area contributed by atoms with Crippen molar-refractivity contribution >= 4 is 5.91 Å². The number of methoxy groups -OCH3 is 1. The van der Waals surface area contributed by atoms with Gasteiger partial charge in [0.2, 0.25) is 0 Å². The van der Waals surface area contributed by atoms with Crippen LogP contribution < -0.4 is 14.2 Å². The van der Waals surface area contributed by atoms with E-state index in [9.17, 15) is 4.79 Å². The normalized spacial score (nSPS) is 10.4. The fourth-order valence-corrected chi connectivity index (χ4v) is 3.17. The maximum atomic E-state index is 13.1. The molecule has 3 aromatic carbocycles. The van der Waals surface area contributed by atoms with Crippen LogP contribution in [0.4, 0.5) is 0 Å². The summed E-state index contributed by atoms with van der Waals surface area (Å²) in [5, 5.41) is 0. The summed E-state index contributed by atoms with van der Waals surface area (Å²) in [6, 6.07) is 22.8. The second kappa shape index (κ2) is 10.3. The van der Waals surface area contributed by atoms with Gasteiger partial charge in [0.25, 0.3) is 5.91 Å². The van der Waals surface area contributed by atoms with Crippen molar-refractivity contribution in [3.63, 3.8) is 0 Å². The number of carbonyl (C=O) groups excluding carboxylic acids is 1. The van der Waals surface area contributed by atoms with Crippen LogP contribution in [0.25, 0.3) is 0 Å². The Morgan fingerprint density at radius 1 is 0.900 bits per heavy atom. The van der Waals surface area contributed by atoms with Gasteiger partial charge in [-0.2, -0.15) is 0 Å². The zero-order chi connectivity index (χ0) is 21.3. The molecule has 0 aliphatic heterocycles. The third-order valence-electron chi connectivity index (χ3n) is 4.68.